The Labute approximate surface area is 253 Å². The third-order valence-electron chi connectivity index (χ3n) is 9.71. The number of benzene rings is 1. The lowest BCUT2D eigenvalue weighted by Crippen LogP contribution is -2.63. The molecule has 0 spiro atoms. The van der Waals surface area contributed by atoms with Crippen molar-refractivity contribution < 1.29 is 23.9 Å². The number of amides is 2. The Kier molecular flexibility index (Phi) is 8.13. The summed E-state index contributed by atoms with van der Waals surface area (Å²) in [6.07, 6.45) is 6.50. The maximum Gasteiger partial charge on any atom is 0.335 e. The van der Waals surface area contributed by atoms with E-state index in [0.717, 1.165) is 36.1 Å². The number of fused-ring (bicyclic) bond motifs is 2. The number of hydrazine groups is 1. The highest BCUT2D eigenvalue weighted by Crippen LogP contribution is 2.41. The van der Waals surface area contributed by atoms with Crippen LogP contribution in [0.5, 0.6) is 0 Å². The maximum absolute atomic E-state index is 13.3. The first-order chi connectivity index (χ1) is 20.6. The SMILES string of the molecule is CC(C)(C)OC(=O)[C@@H]1CC[C@@](CC#N)(N2NC(Nc3ccc4c(c3)CN(C3CCCCC3)C4=O)C3C(=O)NCCC32)CO1. The summed E-state index contributed by atoms with van der Waals surface area (Å²) in [5, 5.41) is 18.5. The third kappa shape index (κ3) is 5.85. The Hall–Kier alpha value is -3.20. The minimum absolute atomic E-state index is 0.0426. The molecule has 4 heterocycles. The van der Waals surface area contributed by atoms with Crippen LogP contribution in [0.1, 0.15) is 94.5 Å². The van der Waals surface area contributed by atoms with Gasteiger partial charge in [-0.25, -0.2) is 15.2 Å². The summed E-state index contributed by atoms with van der Waals surface area (Å²) >= 11 is 0. The van der Waals surface area contributed by atoms with Gasteiger partial charge in [0.15, 0.2) is 6.10 Å². The Balaban J connectivity index is 1.19. The van der Waals surface area contributed by atoms with E-state index in [9.17, 15) is 19.6 Å². The summed E-state index contributed by atoms with van der Waals surface area (Å²) in [5.41, 5.74) is 4.86. The molecular formula is C32H44N6O5. The van der Waals surface area contributed by atoms with Gasteiger partial charge in [-0.3, -0.25) is 9.59 Å². The monoisotopic (exact) mass is 592 g/mol. The summed E-state index contributed by atoms with van der Waals surface area (Å²) in [7, 11) is 0. The van der Waals surface area contributed by atoms with E-state index in [4.69, 9.17) is 9.47 Å². The van der Waals surface area contributed by atoms with Gasteiger partial charge in [0.1, 0.15) is 11.8 Å². The number of carbonyl (C=O) groups is 3. The number of ether oxygens (including phenoxy) is 2. The lowest BCUT2D eigenvalue weighted by Gasteiger charge is -2.47. The van der Waals surface area contributed by atoms with Crippen LogP contribution in [0.2, 0.25) is 0 Å². The predicted octanol–water partition coefficient (Wildman–Crippen LogP) is 3.21. The minimum atomic E-state index is -0.699. The number of nitrogens with one attached hydrogen (secondary N) is 3. The first-order valence-corrected chi connectivity index (χ1v) is 15.8. The van der Waals surface area contributed by atoms with Crippen molar-refractivity contribution in [2.24, 2.45) is 5.92 Å². The molecule has 0 bridgehead atoms. The Bertz CT molecular complexity index is 1290. The molecule has 0 radical (unpaired) electrons. The second-order valence-electron chi connectivity index (χ2n) is 13.8. The van der Waals surface area contributed by atoms with Crippen molar-refractivity contribution in [3.05, 3.63) is 29.3 Å². The van der Waals surface area contributed by atoms with Gasteiger partial charge in [-0.15, -0.1) is 0 Å². The van der Waals surface area contributed by atoms with Crippen LogP contribution in [-0.4, -0.2) is 76.3 Å². The highest BCUT2D eigenvalue weighted by molar-refractivity contribution is 5.99. The average molecular weight is 593 g/mol. The zero-order chi connectivity index (χ0) is 30.4. The van der Waals surface area contributed by atoms with E-state index in [1.54, 1.807) is 0 Å². The van der Waals surface area contributed by atoms with Crippen LogP contribution in [0.15, 0.2) is 18.2 Å². The Morgan fingerprint density at radius 2 is 1.98 bits per heavy atom. The van der Waals surface area contributed by atoms with Gasteiger partial charge in [0, 0.05) is 36.4 Å². The number of esters is 1. The first kappa shape index (κ1) is 29.9. The molecule has 6 rings (SSSR count). The number of nitriles is 1. The normalized spacial score (nSPS) is 31.6. The van der Waals surface area contributed by atoms with Crippen molar-refractivity contribution in [1.82, 2.24) is 20.7 Å². The molecule has 5 atom stereocenters. The van der Waals surface area contributed by atoms with Crippen molar-refractivity contribution in [3.63, 3.8) is 0 Å². The van der Waals surface area contributed by atoms with Crippen LogP contribution < -0.4 is 16.1 Å². The lowest BCUT2D eigenvalue weighted by atomic mass is 9.83. The fraction of sp³-hybridized carbons (Fsp3) is 0.688. The number of carbonyl (C=O) groups excluding carboxylic acids is 3. The Morgan fingerprint density at radius 1 is 1.19 bits per heavy atom. The lowest BCUT2D eigenvalue weighted by molar-refractivity contribution is -0.180. The molecule has 3 unspecified atom stereocenters. The number of hydrogen-bond donors (Lipinski definition) is 3. The second kappa shape index (κ2) is 11.7. The summed E-state index contributed by atoms with van der Waals surface area (Å²) in [6.45, 7) is 6.82. The van der Waals surface area contributed by atoms with Crippen molar-refractivity contribution in [1.29, 1.82) is 5.26 Å². The van der Waals surface area contributed by atoms with Gasteiger partial charge in [-0.2, -0.15) is 5.26 Å². The van der Waals surface area contributed by atoms with E-state index < -0.39 is 29.3 Å². The molecule has 1 aromatic carbocycles. The molecule has 43 heavy (non-hydrogen) atoms. The van der Waals surface area contributed by atoms with Crippen LogP contribution >= 0.6 is 0 Å². The topological polar surface area (TPSA) is 136 Å². The molecule has 1 saturated carbocycles. The summed E-state index contributed by atoms with van der Waals surface area (Å²) in [4.78, 5) is 41.2. The first-order valence-electron chi connectivity index (χ1n) is 15.8. The smallest absolute Gasteiger partial charge is 0.335 e. The van der Waals surface area contributed by atoms with Crippen molar-refractivity contribution in [2.75, 3.05) is 18.5 Å². The van der Waals surface area contributed by atoms with Crippen molar-refractivity contribution in [2.45, 2.75) is 121 Å². The molecule has 1 aromatic rings. The van der Waals surface area contributed by atoms with E-state index in [1.807, 2.05) is 43.9 Å². The van der Waals surface area contributed by atoms with Gasteiger partial charge in [0.2, 0.25) is 5.91 Å². The molecule has 5 aliphatic rings. The fourth-order valence-electron chi connectivity index (χ4n) is 7.64. The van der Waals surface area contributed by atoms with Gasteiger partial charge < -0.3 is 25.0 Å². The summed E-state index contributed by atoms with van der Waals surface area (Å²) in [6, 6.07) is 8.35. The number of piperidine rings is 1. The van der Waals surface area contributed by atoms with Crippen LogP contribution in [0, 0.1) is 17.2 Å². The molecule has 232 valence electrons. The number of nitrogens with zero attached hydrogens (tertiary/aromatic N) is 3. The third-order valence-corrected chi connectivity index (χ3v) is 9.71. The largest absolute Gasteiger partial charge is 0.458 e. The van der Waals surface area contributed by atoms with Crippen LogP contribution in [0.4, 0.5) is 5.69 Å². The number of rotatable bonds is 6. The van der Waals surface area contributed by atoms with Gasteiger partial charge >= 0.3 is 5.97 Å². The average Bonchev–Trinajstić information content (AvgIpc) is 3.51. The zero-order valence-corrected chi connectivity index (χ0v) is 25.5. The van der Waals surface area contributed by atoms with Crippen molar-refractivity contribution in [3.8, 4) is 6.07 Å². The molecule has 11 nitrogen and oxygen atoms in total. The molecular weight excluding hydrogens is 548 g/mol. The van der Waals surface area contributed by atoms with E-state index in [-0.39, 0.29) is 36.9 Å². The Morgan fingerprint density at radius 3 is 2.67 bits per heavy atom. The number of anilines is 1. The fourth-order valence-corrected chi connectivity index (χ4v) is 7.64. The maximum atomic E-state index is 13.3. The molecule has 4 aliphatic heterocycles. The summed E-state index contributed by atoms with van der Waals surface area (Å²) in [5.74, 6) is -0.717. The molecule has 2 amide bonds. The van der Waals surface area contributed by atoms with E-state index in [2.05, 4.69) is 27.1 Å². The van der Waals surface area contributed by atoms with Crippen LogP contribution in [0.3, 0.4) is 0 Å². The van der Waals surface area contributed by atoms with Gasteiger partial charge in [0.25, 0.3) is 5.91 Å². The van der Waals surface area contributed by atoms with E-state index in [0.29, 0.717) is 32.0 Å². The quantitative estimate of drug-likeness (QED) is 0.426. The highest BCUT2D eigenvalue weighted by atomic mass is 16.6. The standard InChI is InChI=1S/C32H44N6O5/c1-31(2,3)43-30(41)25-11-13-32(14-15-33,19-42-25)38-24-12-16-34-28(39)26(24)27(36-38)35-21-9-10-23-20(17-21)18-37(29(23)40)22-7-5-4-6-8-22/h9-10,17,22,24-27,35-36H,4-8,11-14,16,18-19H2,1-3H3,(H,34,39)/t24?,25-,26?,27?,32-/m0/s1. The molecule has 3 N–H and O–H groups in total. The van der Waals surface area contributed by atoms with Crippen molar-refractivity contribution >= 4 is 23.5 Å². The zero-order valence-electron chi connectivity index (χ0n) is 25.5. The molecule has 1 aliphatic carbocycles. The predicted molar refractivity (Wildman–Crippen MR) is 158 cm³/mol. The highest BCUT2D eigenvalue weighted by Gasteiger charge is 2.56. The molecule has 11 heteroatoms. The van der Waals surface area contributed by atoms with Gasteiger partial charge in [-0.05, 0) is 76.6 Å². The second-order valence-corrected chi connectivity index (χ2v) is 13.8. The minimum Gasteiger partial charge on any atom is -0.458 e. The number of hydrogen-bond acceptors (Lipinski definition) is 9. The molecule has 0 aromatic heterocycles. The van der Waals surface area contributed by atoms with Crippen LogP contribution in [-0.2, 0) is 25.6 Å². The van der Waals surface area contributed by atoms with E-state index >= 15 is 0 Å². The summed E-state index contributed by atoms with van der Waals surface area (Å²) < 4.78 is 11.6. The molecule has 4 fully saturated rings. The molecule has 3 saturated heterocycles. The van der Waals surface area contributed by atoms with E-state index in [1.165, 1.54) is 19.3 Å². The van der Waals surface area contributed by atoms with Crippen LogP contribution in [0.25, 0.3) is 0 Å². The van der Waals surface area contributed by atoms with Gasteiger partial charge in [-0.1, -0.05) is 19.3 Å². The van der Waals surface area contributed by atoms with Gasteiger partial charge in [0.05, 0.1) is 30.6 Å².